The Morgan fingerprint density at radius 2 is 2.26 bits per heavy atom. The fourth-order valence-corrected chi connectivity index (χ4v) is 3.92. The van der Waals surface area contributed by atoms with Crippen LogP contribution in [0.5, 0.6) is 0 Å². The van der Waals surface area contributed by atoms with Crippen molar-refractivity contribution in [3.05, 3.63) is 18.5 Å². The van der Waals surface area contributed by atoms with Crippen LogP contribution in [0.4, 0.5) is 0 Å². The van der Waals surface area contributed by atoms with E-state index >= 15 is 0 Å². The van der Waals surface area contributed by atoms with Gasteiger partial charge in [0.15, 0.2) is 0 Å². The molecule has 23 heavy (non-hydrogen) atoms. The number of nitrogens with zero attached hydrogens (tertiary/aromatic N) is 2. The summed E-state index contributed by atoms with van der Waals surface area (Å²) in [5, 5.41) is 10.9. The number of aromatic nitrogens is 2. The molecule has 2 aliphatic rings. The van der Waals surface area contributed by atoms with Gasteiger partial charge < -0.3 is 15.4 Å². The third-order valence-corrected chi connectivity index (χ3v) is 5.24. The Morgan fingerprint density at radius 1 is 1.48 bits per heavy atom. The average molecular weight is 320 g/mol. The molecule has 6 nitrogen and oxygen atoms in total. The topological polar surface area (TPSA) is 68.2 Å². The highest BCUT2D eigenvalue weighted by Gasteiger charge is 2.42. The number of nitrogens with one attached hydrogen (secondary N) is 2. The van der Waals surface area contributed by atoms with Crippen LogP contribution in [0, 0.1) is 11.8 Å². The number of ether oxygens (including phenoxy) is 1. The lowest BCUT2D eigenvalue weighted by molar-refractivity contribution is -0.132. The van der Waals surface area contributed by atoms with Gasteiger partial charge in [0.1, 0.15) is 5.54 Å². The molecule has 3 rings (SSSR count). The number of amides is 1. The van der Waals surface area contributed by atoms with Gasteiger partial charge in [-0.25, -0.2) is 0 Å². The molecule has 1 amide bonds. The molecule has 1 aromatic rings. The first-order valence-electron chi connectivity index (χ1n) is 8.74. The number of piperidine rings is 1. The Labute approximate surface area is 138 Å². The fourth-order valence-electron chi connectivity index (χ4n) is 3.92. The van der Waals surface area contributed by atoms with Gasteiger partial charge in [0.05, 0.1) is 6.10 Å². The normalized spacial score (nSPS) is 27.3. The molecule has 6 heteroatoms. The van der Waals surface area contributed by atoms with E-state index in [2.05, 4.69) is 29.6 Å². The minimum atomic E-state index is -0.554. The highest BCUT2D eigenvalue weighted by atomic mass is 16.5. The minimum absolute atomic E-state index is 0.0945. The van der Waals surface area contributed by atoms with Crippen molar-refractivity contribution in [3.8, 4) is 0 Å². The van der Waals surface area contributed by atoms with E-state index in [-0.39, 0.29) is 12.0 Å². The van der Waals surface area contributed by atoms with Gasteiger partial charge in [-0.2, -0.15) is 5.10 Å². The smallest absolute Gasteiger partial charge is 0.248 e. The summed E-state index contributed by atoms with van der Waals surface area (Å²) in [6.07, 6.45) is 6.48. The predicted octanol–water partition coefficient (Wildman–Crippen LogP) is 1.14. The molecule has 0 aromatic carbocycles. The van der Waals surface area contributed by atoms with Crippen molar-refractivity contribution in [2.24, 2.45) is 11.8 Å². The van der Waals surface area contributed by atoms with Gasteiger partial charge in [-0.1, -0.05) is 13.8 Å². The lowest BCUT2D eigenvalue weighted by Gasteiger charge is -2.37. The molecule has 3 heterocycles. The molecule has 128 valence electrons. The number of hydrogen-bond donors (Lipinski definition) is 2. The Balaban J connectivity index is 1.67. The molecule has 2 fully saturated rings. The van der Waals surface area contributed by atoms with Crippen LogP contribution in [0.3, 0.4) is 0 Å². The van der Waals surface area contributed by atoms with Crippen LogP contribution < -0.4 is 10.6 Å². The first-order chi connectivity index (χ1) is 11.1. The van der Waals surface area contributed by atoms with Crippen LogP contribution >= 0.6 is 0 Å². The molecular weight excluding hydrogens is 292 g/mol. The van der Waals surface area contributed by atoms with Gasteiger partial charge in [-0.15, -0.1) is 0 Å². The highest BCUT2D eigenvalue weighted by Crippen LogP contribution is 2.29. The number of rotatable bonds is 5. The largest absolute Gasteiger partial charge is 0.378 e. The zero-order chi connectivity index (χ0) is 16.3. The number of carbonyl (C=O) groups is 1. The molecule has 1 aromatic heterocycles. The zero-order valence-corrected chi connectivity index (χ0v) is 14.1. The third-order valence-electron chi connectivity index (χ3n) is 5.24. The second kappa shape index (κ2) is 7.01. The van der Waals surface area contributed by atoms with E-state index in [9.17, 15) is 4.79 Å². The van der Waals surface area contributed by atoms with Crippen molar-refractivity contribution in [2.45, 2.75) is 44.8 Å². The van der Waals surface area contributed by atoms with E-state index in [1.807, 2.05) is 16.9 Å². The number of hydrogen-bond acceptors (Lipinski definition) is 4. The second-order valence-electron chi connectivity index (χ2n) is 7.07. The lowest BCUT2D eigenvalue weighted by Crippen LogP contribution is -2.55. The van der Waals surface area contributed by atoms with Gasteiger partial charge in [0, 0.05) is 31.5 Å². The molecule has 0 bridgehead atoms. The average Bonchev–Trinajstić information content (AvgIpc) is 3.24. The summed E-state index contributed by atoms with van der Waals surface area (Å²) < 4.78 is 7.66. The van der Waals surface area contributed by atoms with Gasteiger partial charge in [0.2, 0.25) is 5.91 Å². The molecule has 2 saturated heterocycles. The second-order valence-corrected chi connectivity index (χ2v) is 7.07. The van der Waals surface area contributed by atoms with Crippen LogP contribution in [-0.4, -0.2) is 48.0 Å². The maximum Gasteiger partial charge on any atom is 0.248 e. The van der Waals surface area contributed by atoms with Crippen molar-refractivity contribution in [2.75, 3.05) is 26.2 Å². The highest BCUT2D eigenvalue weighted by molar-refractivity contribution is 5.84. The van der Waals surface area contributed by atoms with Crippen molar-refractivity contribution in [1.29, 1.82) is 0 Å². The van der Waals surface area contributed by atoms with Gasteiger partial charge in [0.25, 0.3) is 0 Å². The summed E-state index contributed by atoms with van der Waals surface area (Å²) in [6, 6.07) is 1.89. The van der Waals surface area contributed by atoms with Crippen molar-refractivity contribution >= 4 is 5.91 Å². The summed E-state index contributed by atoms with van der Waals surface area (Å²) in [5.41, 5.74) is -0.554. The maximum absolute atomic E-state index is 13.0. The molecule has 0 spiro atoms. The van der Waals surface area contributed by atoms with Gasteiger partial charge in [-0.3, -0.25) is 9.48 Å². The Bertz CT molecular complexity index is 509. The Morgan fingerprint density at radius 3 is 2.91 bits per heavy atom. The fraction of sp³-hybridized carbons (Fsp3) is 0.765. The van der Waals surface area contributed by atoms with E-state index in [4.69, 9.17) is 4.74 Å². The van der Waals surface area contributed by atoms with Crippen LogP contribution in [-0.2, 0) is 15.1 Å². The molecule has 2 unspecified atom stereocenters. The summed E-state index contributed by atoms with van der Waals surface area (Å²) in [6.45, 7) is 7.55. The Kier molecular flexibility index (Phi) is 5.02. The summed E-state index contributed by atoms with van der Waals surface area (Å²) in [5.74, 6) is 0.991. The quantitative estimate of drug-likeness (QED) is 0.854. The van der Waals surface area contributed by atoms with E-state index in [0.29, 0.717) is 18.4 Å². The summed E-state index contributed by atoms with van der Waals surface area (Å²) in [7, 11) is 0. The maximum atomic E-state index is 13.0. The van der Waals surface area contributed by atoms with Crippen molar-refractivity contribution < 1.29 is 9.53 Å². The molecule has 0 saturated carbocycles. The van der Waals surface area contributed by atoms with Crippen molar-refractivity contribution in [3.63, 3.8) is 0 Å². The monoisotopic (exact) mass is 320 g/mol. The van der Waals surface area contributed by atoms with Crippen LogP contribution in [0.2, 0.25) is 0 Å². The molecule has 0 radical (unpaired) electrons. The Hall–Kier alpha value is -1.40. The molecule has 2 aliphatic heterocycles. The summed E-state index contributed by atoms with van der Waals surface area (Å²) in [4.78, 5) is 13.0. The first-order valence-corrected chi connectivity index (χ1v) is 8.74. The molecule has 2 atom stereocenters. The lowest BCUT2D eigenvalue weighted by atomic mass is 9.86. The first kappa shape index (κ1) is 16.5. The van der Waals surface area contributed by atoms with E-state index in [0.717, 1.165) is 39.0 Å². The number of carbonyl (C=O) groups excluding carboxylic acids is 1. The summed E-state index contributed by atoms with van der Waals surface area (Å²) >= 11 is 0. The van der Waals surface area contributed by atoms with Crippen molar-refractivity contribution in [1.82, 2.24) is 20.4 Å². The van der Waals surface area contributed by atoms with E-state index in [1.165, 1.54) is 0 Å². The van der Waals surface area contributed by atoms with E-state index in [1.54, 1.807) is 6.20 Å². The van der Waals surface area contributed by atoms with E-state index < -0.39 is 5.54 Å². The predicted molar refractivity (Wildman–Crippen MR) is 88.0 cm³/mol. The van der Waals surface area contributed by atoms with Crippen LogP contribution in [0.25, 0.3) is 0 Å². The molecule has 2 N–H and O–H groups in total. The van der Waals surface area contributed by atoms with Crippen LogP contribution in [0.1, 0.15) is 33.1 Å². The van der Waals surface area contributed by atoms with Crippen LogP contribution in [0.15, 0.2) is 18.5 Å². The SMILES string of the molecule is CC(C)C1OCCC1CNC(=O)C1(n2cccn2)CCNCC1. The standard InChI is InChI=1S/C17H28N4O2/c1-13(2)15-14(4-11-23-15)12-19-16(22)17(5-8-18-9-6-17)21-10-3-7-20-21/h3,7,10,13-15,18H,4-6,8-9,11-12H2,1-2H3,(H,19,22). The molecular formula is C17H28N4O2. The molecule has 0 aliphatic carbocycles. The van der Waals surface area contributed by atoms with Gasteiger partial charge in [-0.05, 0) is 44.3 Å². The van der Waals surface area contributed by atoms with Gasteiger partial charge >= 0.3 is 0 Å². The third kappa shape index (κ3) is 3.28. The minimum Gasteiger partial charge on any atom is -0.378 e. The zero-order valence-electron chi connectivity index (χ0n) is 14.1.